The number of carbonyl (C=O) groups is 1. The summed E-state index contributed by atoms with van der Waals surface area (Å²) in [4.78, 5) is 15.1. The number of hydrogen-bond donors (Lipinski definition) is 3. The van der Waals surface area contributed by atoms with Crippen molar-refractivity contribution < 1.29 is 45.0 Å². The smallest absolute Gasteiger partial charge is 0.404 e. The van der Waals surface area contributed by atoms with E-state index < -0.39 is 61.2 Å². The molecule has 0 bridgehead atoms. The third-order valence-corrected chi connectivity index (χ3v) is 6.76. The quantitative estimate of drug-likeness (QED) is 0.480. The molecule has 8 nitrogen and oxygen atoms in total. The molecule has 2 aromatic rings. The maximum Gasteiger partial charge on any atom is 0.573 e. The van der Waals surface area contributed by atoms with Crippen LogP contribution in [0, 0.1) is 5.82 Å². The minimum atomic E-state index is -4.94. The number of aliphatic imine (C=N–C) groups is 1. The lowest BCUT2D eigenvalue weighted by Gasteiger charge is -2.12. The number of amidine groups is 1. The Balaban J connectivity index is 1.66. The van der Waals surface area contributed by atoms with E-state index in [0.29, 0.717) is 17.8 Å². The molecule has 0 aromatic heterocycles. The first kappa shape index (κ1) is 26.0. The standard InChI is InChI=1S/C18H13ClF5N3O5S2/c19-11-5-8(1-4-13(11)32-18(22,23)24)7-25-15(28)10-3-2-9(6-12(10)20)34(30,31)27-17-26-16(29)14(21)33-17/h1-6,14,16,29H,7H2,(H,25,28)(H,26,27)/t14-,16+/m0/s1. The summed E-state index contributed by atoms with van der Waals surface area (Å²) in [5, 5.41) is 10.7. The zero-order valence-electron chi connectivity index (χ0n) is 16.4. The highest BCUT2D eigenvalue weighted by molar-refractivity contribution is 8.15. The molecule has 0 saturated heterocycles. The zero-order valence-corrected chi connectivity index (χ0v) is 18.8. The van der Waals surface area contributed by atoms with E-state index in [1.54, 1.807) is 0 Å². The second-order valence-electron chi connectivity index (χ2n) is 6.56. The number of nitrogens with zero attached hydrogens (tertiary/aromatic N) is 1. The van der Waals surface area contributed by atoms with Crippen molar-refractivity contribution in [3.05, 3.63) is 58.4 Å². The number of hydrogen-bond acceptors (Lipinski definition) is 7. The summed E-state index contributed by atoms with van der Waals surface area (Å²) in [6.45, 7) is -0.240. The van der Waals surface area contributed by atoms with Gasteiger partial charge in [-0.2, -0.15) is 0 Å². The molecule has 1 aliphatic heterocycles. The number of benzene rings is 2. The van der Waals surface area contributed by atoms with Gasteiger partial charge in [0.15, 0.2) is 16.9 Å². The van der Waals surface area contributed by atoms with Crippen LogP contribution in [0.25, 0.3) is 0 Å². The van der Waals surface area contributed by atoms with Gasteiger partial charge in [0.25, 0.3) is 15.9 Å². The average Bonchev–Trinajstić information content (AvgIpc) is 3.03. The van der Waals surface area contributed by atoms with Crippen molar-refractivity contribution in [1.82, 2.24) is 10.0 Å². The summed E-state index contributed by atoms with van der Waals surface area (Å²) in [6, 6.07) is 5.63. The van der Waals surface area contributed by atoms with Gasteiger partial charge in [-0.3, -0.25) is 9.52 Å². The highest BCUT2D eigenvalue weighted by Gasteiger charge is 2.32. The molecule has 3 rings (SSSR count). The monoisotopic (exact) mass is 545 g/mol. The number of aliphatic hydroxyl groups excluding tert-OH is 1. The topological polar surface area (TPSA) is 117 Å². The Morgan fingerprint density at radius 2 is 1.94 bits per heavy atom. The molecule has 1 amide bonds. The van der Waals surface area contributed by atoms with Gasteiger partial charge >= 0.3 is 6.36 Å². The summed E-state index contributed by atoms with van der Waals surface area (Å²) in [5.74, 6) is -2.78. The van der Waals surface area contributed by atoms with E-state index in [1.807, 2.05) is 4.72 Å². The van der Waals surface area contributed by atoms with Crippen LogP contribution >= 0.6 is 23.4 Å². The maximum absolute atomic E-state index is 14.4. The van der Waals surface area contributed by atoms with Crippen LogP contribution in [-0.4, -0.2) is 42.7 Å². The van der Waals surface area contributed by atoms with Gasteiger partial charge in [0.1, 0.15) is 11.6 Å². The van der Waals surface area contributed by atoms with E-state index in [9.17, 15) is 40.3 Å². The highest BCUT2D eigenvalue weighted by Crippen LogP contribution is 2.31. The van der Waals surface area contributed by atoms with Crippen LogP contribution in [0.5, 0.6) is 5.75 Å². The van der Waals surface area contributed by atoms with Crippen molar-refractivity contribution in [2.75, 3.05) is 0 Å². The van der Waals surface area contributed by atoms with Crippen LogP contribution in [0.4, 0.5) is 22.0 Å². The number of alkyl halides is 4. The van der Waals surface area contributed by atoms with E-state index in [2.05, 4.69) is 15.0 Å². The van der Waals surface area contributed by atoms with Gasteiger partial charge in [0.05, 0.1) is 15.5 Å². The van der Waals surface area contributed by atoms with Crippen molar-refractivity contribution in [3.63, 3.8) is 0 Å². The average molecular weight is 546 g/mol. The minimum Gasteiger partial charge on any atom is -0.404 e. The summed E-state index contributed by atoms with van der Waals surface area (Å²) < 4.78 is 94.8. The summed E-state index contributed by atoms with van der Waals surface area (Å²) >= 11 is 6.05. The molecule has 2 aromatic carbocycles. The lowest BCUT2D eigenvalue weighted by atomic mass is 10.1. The first-order chi connectivity index (χ1) is 15.7. The SMILES string of the molecule is O=C(NCc1ccc(OC(F)(F)F)c(Cl)c1)c1ccc(S(=O)(=O)NC2=N[C@H](O)[C@@H](F)S2)cc1F. The summed E-state index contributed by atoms with van der Waals surface area (Å²) in [5.41, 5.74) is -2.10. The lowest BCUT2D eigenvalue weighted by Crippen LogP contribution is -2.28. The Morgan fingerprint density at radius 1 is 1.24 bits per heavy atom. The molecule has 0 unspecified atom stereocenters. The number of halogens is 6. The second-order valence-corrected chi connectivity index (χ2v) is 9.72. The van der Waals surface area contributed by atoms with Crippen LogP contribution < -0.4 is 14.8 Å². The van der Waals surface area contributed by atoms with Crippen molar-refractivity contribution in [2.45, 2.75) is 29.5 Å². The number of aliphatic hydroxyl groups is 1. The molecule has 184 valence electrons. The van der Waals surface area contributed by atoms with Crippen molar-refractivity contribution in [3.8, 4) is 5.75 Å². The Kier molecular flexibility index (Phi) is 7.59. The van der Waals surface area contributed by atoms with Gasteiger partial charge in [-0.15, -0.1) is 13.2 Å². The Hall–Kier alpha value is -2.62. The Labute approximate surface area is 198 Å². The Bertz CT molecular complexity index is 1240. The highest BCUT2D eigenvalue weighted by atomic mass is 35.5. The predicted molar refractivity (Wildman–Crippen MR) is 112 cm³/mol. The molecule has 0 saturated carbocycles. The molecule has 1 aliphatic rings. The van der Waals surface area contributed by atoms with E-state index in [0.717, 1.165) is 24.3 Å². The molecule has 0 spiro atoms. The molecule has 0 aliphatic carbocycles. The number of nitrogens with one attached hydrogen (secondary N) is 2. The van der Waals surface area contributed by atoms with Gasteiger partial charge in [-0.1, -0.05) is 17.7 Å². The van der Waals surface area contributed by atoms with E-state index in [-0.39, 0.29) is 17.1 Å². The van der Waals surface area contributed by atoms with Gasteiger partial charge < -0.3 is 15.2 Å². The number of ether oxygens (including phenoxy) is 1. The Morgan fingerprint density at radius 3 is 2.50 bits per heavy atom. The van der Waals surface area contributed by atoms with Gasteiger partial charge in [0, 0.05) is 6.54 Å². The number of thioether (sulfide) groups is 1. The lowest BCUT2D eigenvalue weighted by molar-refractivity contribution is -0.274. The third-order valence-electron chi connectivity index (χ3n) is 4.10. The first-order valence-electron chi connectivity index (χ1n) is 8.96. The van der Waals surface area contributed by atoms with E-state index in [4.69, 9.17) is 11.6 Å². The normalized spacial score (nSPS) is 18.4. The van der Waals surface area contributed by atoms with E-state index in [1.165, 1.54) is 6.07 Å². The maximum atomic E-state index is 14.4. The third kappa shape index (κ3) is 6.49. The number of rotatable bonds is 6. The van der Waals surface area contributed by atoms with Crippen LogP contribution in [0.1, 0.15) is 15.9 Å². The molecule has 1 heterocycles. The van der Waals surface area contributed by atoms with Crippen molar-refractivity contribution >= 4 is 44.5 Å². The largest absolute Gasteiger partial charge is 0.573 e. The predicted octanol–water partition coefficient (Wildman–Crippen LogP) is 3.30. The molecular formula is C18H13ClF5N3O5S2. The van der Waals surface area contributed by atoms with Crippen LogP contribution in [0.15, 0.2) is 46.3 Å². The molecule has 2 atom stereocenters. The molecule has 0 radical (unpaired) electrons. The molecule has 0 fully saturated rings. The second kappa shape index (κ2) is 9.93. The number of sulfonamides is 1. The van der Waals surface area contributed by atoms with Crippen LogP contribution in [0.2, 0.25) is 5.02 Å². The summed E-state index contributed by atoms with van der Waals surface area (Å²) in [6.07, 6.45) is -6.68. The molecule has 16 heteroatoms. The first-order valence-corrected chi connectivity index (χ1v) is 11.7. The number of amides is 1. The summed E-state index contributed by atoms with van der Waals surface area (Å²) in [7, 11) is -4.39. The molecule has 34 heavy (non-hydrogen) atoms. The van der Waals surface area contributed by atoms with Gasteiger partial charge in [0.2, 0.25) is 0 Å². The van der Waals surface area contributed by atoms with Crippen LogP contribution in [-0.2, 0) is 16.6 Å². The van der Waals surface area contributed by atoms with Crippen molar-refractivity contribution in [1.29, 1.82) is 0 Å². The fraction of sp³-hybridized carbons (Fsp3) is 0.222. The van der Waals surface area contributed by atoms with Gasteiger partial charge in [-0.25, -0.2) is 22.2 Å². The zero-order chi connectivity index (χ0) is 25.3. The number of carbonyl (C=O) groups excluding carboxylic acids is 1. The fourth-order valence-corrected chi connectivity index (χ4v) is 4.82. The fourth-order valence-electron chi connectivity index (χ4n) is 2.59. The van der Waals surface area contributed by atoms with Gasteiger partial charge in [-0.05, 0) is 47.7 Å². The van der Waals surface area contributed by atoms with E-state index >= 15 is 0 Å². The van der Waals surface area contributed by atoms with Crippen molar-refractivity contribution in [2.24, 2.45) is 4.99 Å². The minimum absolute atomic E-state index is 0.240. The molecular weight excluding hydrogens is 533 g/mol. The van der Waals surface area contributed by atoms with Crippen LogP contribution in [0.3, 0.4) is 0 Å². The molecule has 3 N–H and O–H groups in total.